The highest BCUT2D eigenvalue weighted by molar-refractivity contribution is 7.99. The molecule has 0 aliphatic carbocycles. The minimum absolute atomic E-state index is 0.127. The molecule has 2 fully saturated rings. The van der Waals surface area contributed by atoms with E-state index in [0.717, 1.165) is 29.5 Å². The molecule has 2 aliphatic heterocycles. The van der Waals surface area contributed by atoms with Crippen LogP contribution in [-0.4, -0.2) is 59.1 Å². The standard InChI is InChI=1S/C20H20N4O3S/c21-8-15-11-28-12-24(15)19(25)9-23-20(26)16-3-5-22-18-2-1-13(7-17(16)18)14-4-6-27-10-14/h1-3,5,7,14-15H,4,6,9-12H2,(H,23,26)/t14-,15+/m0/s1. The van der Waals surface area contributed by atoms with E-state index in [1.165, 1.54) is 4.90 Å². The Balaban J connectivity index is 1.51. The summed E-state index contributed by atoms with van der Waals surface area (Å²) in [4.78, 5) is 31.0. The van der Waals surface area contributed by atoms with Crippen LogP contribution in [0.2, 0.25) is 0 Å². The van der Waals surface area contributed by atoms with Gasteiger partial charge in [0.15, 0.2) is 0 Å². The van der Waals surface area contributed by atoms with E-state index in [4.69, 9.17) is 10.00 Å². The van der Waals surface area contributed by atoms with Crippen molar-refractivity contribution in [2.45, 2.75) is 18.4 Å². The first-order chi connectivity index (χ1) is 13.7. The van der Waals surface area contributed by atoms with Crippen molar-refractivity contribution >= 4 is 34.5 Å². The Kier molecular flexibility index (Phi) is 5.46. The third-order valence-electron chi connectivity index (χ3n) is 5.16. The Morgan fingerprint density at radius 3 is 3.07 bits per heavy atom. The molecule has 144 valence electrons. The van der Waals surface area contributed by atoms with Crippen LogP contribution < -0.4 is 5.32 Å². The average Bonchev–Trinajstić information content (AvgIpc) is 3.42. The van der Waals surface area contributed by atoms with Crippen LogP contribution in [0.3, 0.4) is 0 Å². The Hall–Kier alpha value is -2.63. The first kappa shape index (κ1) is 18.7. The third-order valence-corrected chi connectivity index (χ3v) is 6.18. The monoisotopic (exact) mass is 396 g/mol. The van der Waals surface area contributed by atoms with E-state index in [2.05, 4.69) is 16.4 Å². The van der Waals surface area contributed by atoms with Crippen LogP contribution in [0.25, 0.3) is 10.9 Å². The maximum atomic E-state index is 12.8. The molecule has 2 aliphatic rings. The second-order valence-electron chi connectivity index (χ2n) is 6.89. The number of nitriles is 1. The van der Waals surface area contributed by atoms with Gasteiger partial charge in [-0.3, -0.25) is 14.6 Å². The van der Waals surface area contributed by atoms with Crippen molar-refractivity contribution in [3.8, 4) is 6.07 Å². The quantitative estimate of drug-likeness (QED) is 0.848. The molecule has 0 spiro atoms. The Labute approximate surface area is 167 Å². The van der Waals surface area contributed by atoms with Crippen LogP contribution >= 0.6 is 11.8 Å². The van der Waals surface area contributed by atoms with Crippen molar-refractivity contribution < 1.29 is 14.3 Å². The van der Waals surface area contributed by atoms with Gasteiger partial charge >= 0.3 is 0 Å². The fourth-order valence-electron chi connectivity index (χ4n) is 3.56. The van der Waals surface area contributed by atoms with Crippen molar-refractivity contribution in [1.29, 1.82) is 5.26 Å². The van der Waals surface area contributed by atoms with E-state index in [-0.39, 0.29) is 18.4 Å². The van der Waals surface area contributed by atoms with Gasteiger partial charge in [0, 0.05) is 29.9 Å². The van der Waals surface area contributed by atoms with Gasteiger partial charge in [-0.25, -0.2) is 0 Å². The molecule has 2 amide bonds. The number of amides is 2. The molecule has 1 aromatic heterocycles. The minimum atomic E-state index is -0.424. The summed E-state index contributed by atoms with van der Waals surface area (Å²) in [5.74, 6) is 0.863. The van der Waals surface area contributed by atoms with Crippen LogP contribution in [0.15, 0.2) is 30.5 Å². The van der Waals surface area contributed by atoms with Crippen LogP contribution in [0.1, 0.15) is 28.3 Å². The summed E-state index contributed by atoms with van der Waals surface area (Å²) < 4.78 is 5.47. The number of fused-ring (bicyclic) bond motifs is 1. The van der Waals surface area contributed by atoms with Crippen LogP contribution in [0, 0.1) is 11.3 Å². The second kappa shape index (κ2) is 8.17. The zero-order chi connectivity index (χ0) is 19.5. The Morgan fingerprint density at radius 1 is 1.39 bits per heavy atom. The number of hydrogen-bond acceptors (Lipinski definition) is 6. The zero-order valence-corrected chi connectivity index (χ0v) is 16.1. The highest BCUT2D eigenvalue weighted by Crippen LogP contribution is 2.28. The van der Waals surface area contributed by atoms with Gasteiger partial charge in [-0.15, -0.1) is 11.8 Å². The smallest absolute Gasteiger partial charge is 0.252 e. The van der Waals surface area contributed by atoms with E-state index in [9.17, 15) is 9.59 Å². The molecule has 0 bridgehead atoms. The lowest BCUT2D eigenvalue weighted by atomic mass is 9.95. The number of hydrogen-bond donors (Lipinski definition) is 1. The van der Waals surface area contributed by atoms with Gasteiger partial charge in [-0.1, -0.05) is 6.07 Å². The van der Waals surface area contributed by atoms with Crippen molar-refractivity contribution in [3.05, 3.63) is 41.6 Å². The summed E-state index contributed by atoms with van der Waals surface area (Å²) in [6, 6.07) is 9.32. The largest absolute Gasteiger partial charge is 0.381 e. The maximum Gasteiger partial charge on any atom is 0.252 e. The van der Waals surface area contributed by atoms with Crippen LogP contribution in [0.5, 0.6) is 0 Å². The topological polar surface area (TPSA) is 95.3 Å². The van der Waals surface area contributed by atoms with Gasteiger partial charge in [0.05, 0.1) is 36.2 Å². The summed E-state index contributed by atoms with van der Waals surface area (Å²) >= 11 is 1.54. The third kappa shape index (κ3) is 3.68. The van der Waals surface area contributed by atoms with Gasteiger partial charge in [0.2, 0.25) is 5.91 Å². The fraction of sp³-hybridized carbons (Fsp3) is 0.400. The number of rotatable bonds is 4. The minimum Gasteiger partial charge on any atom is -0.381 e. The van der Waals surface area contributed by atoms with Crippen LogP contribution in [-0.2, 0) is 9.53 Å². The highest BCUT2D eigenvalue weighted by atomic mass is 32.2. The predicted molar refractivity (Wildman–Crippen MR) is 106 cm³/mol. The van der Waals surface area contributed by atoms with E-state index in [0.29, 0.717) is 29.7 Å². The molecule has 0 saturated carbocycles. The fourth-order valence-corrected chi connectivity index (χ4v) is 4.67. The number of aromatic nitrogens is 1. The molecular formula is C20H20N4O3S. The molecule has 0 unspecified atom stereocenters. The second-order valence-corrected chi connectivity index (χ2v) is 7.89. The van der Waals surface area contributed by atoms with Gasteiger partial charge in [-0.2, -0.15) is 5.26 Å². The number of nitrogens with zero attached hydrogens (tertiary/aromatic N) is 3. The lowest BCUT2D eigenvalue weighted by Gasteiger charge is -2.18. The molecule has 8 heteroatoms. The number of pyridine rings is 1. The molecular weight excluding hydrogens is 376 g/mol. The molecule has 2 aromatic rings. The number of nitrogens with one attached hydrogen (secondary N) is 1. The van der Waals surface area contributed by atoms with Gasteiger partial charge < -0.3 is 15.0 Å². The number of carbonyl (C=O) groups is 2. The van der Waals surface area contributed by atoms with Crippen molar-refractivity contribution in [3.63, 3.8) is 0 Å². The van der Waals surface area contributed by atoms with Crippen molar-refractivity contribution in [2.75, 3.05) is 31.4 Å². The number of carbonyl (C=O) groups excluding carboxylic acids is 2. The van der Waals surface area contributed by atoms with E-state index in [1.807, 2.05) is 18.2 Å². The molecule has 7 nitrogen and oxygen atoms in total. The molecule has 2 saturated heterocycles. The first-order valence-corrected chi connectivity index (χ1v) is 10.3. The SMILES string of the molecule is N#C[C@@H]1CSCN1C(=O)CNC(=O)c1ccnc2ccc([C@H]3CCOC3)cc12. The van der Waals surface area contributed by atoms with E-state index >= 15 is 0 Å². The molecule has 3 heterocycles. The lowest BCUT2D eigenvalue weighted by Crippen LogP contribution is -2.42. The zero-order valence-electron chi connectivity index (χ0n) is 15.3. The van der Waals surface area contributed by atoms with E-state index < -0.39 is 6.04 Å². The molecule has 1 N–H and O–H groups in total. The normalized spacial score (nSPS) is 21.6. The highest BCUT2D eigenvalue weighted by Gasteiger charge is 2.29. The average molecular weight is 396 g/mol. The maximum absolute atomic E-state index is 12.8. The summed E-state index contributed by atoms with van der Waals surface area (Å²) in [6.07, 6.45) is 2.57. The first-order valence-electron chi connectivity index (χ1n) is 9.19. The van der Waals surface area contributed by atoms with Crippen LogP contribution in [0.4, 0.5) is 0 Å². The summed E-state index contributed by atoms with van der Waals surface area (Å²) in [5, 5.41) is 12.6. The van der Waals surface area contributed by atoms with Gasteiger partial charge in [-0.05, 0) is 30.2 Å². The summed E-state index contributed by atoms with van der Waals surface area (Å²) in [7, 11) is 0. The lowest BCUT2D eigenvalue weighted by molar-refractivity contribution is -0.129. The summed E-state index contributed by atoms with van der Waals surface area (Å²) in [6.45, 7) is 1.32. The Bertz CT molecular complexity index is 952. The molecule has 28 heavy (non-hydrogen) atoms. The molecule has 1 aromatic carbocycles. The van der Waals surface area contributed by atoms with Crippen molar-refractivity contribution in [2.24, 2.45) is 0 Å². The molecule has 2 atom stereocenters. The predicted octanol–water partition coefficient (Wildman–Crippen LogP) is 1.89. The van der Waals surface area contributed by atoms with Gasteiger partial charge in [0.25, 0.3) is 5.91 Å². The number of benzene rings is 1. The van der Waals surface area contributed by atoms with Gasteiger partial charge in [0.1, 0.15) is 6.04 Å². The molecule has 0 radical (unpaired) electrons. The van der Waals surface area contributed by atoms with Crippen molar-refractivity contribution in [1.82, 2.24) is 15.2 Å². The summed E-state index contributed by atoms with van der Waals surface area (Å²) in [5.41, 5.74) is 2.36. The molecule has 4 rings (SSSR count). The Morgan fingerprint density at radius 2 is 2.29 bits per heavy atom. The number of ether oxygens (including phenoxy) is 1. The van der Waals surface area contributed by atoms with E-state index in [1.54, 1.807) is 24.0 Å². The number of thioether (sulfide) groups is 1.